The standard InChI is InChI=1S/C25H34O4/c1-4-5-6-7-8-12-15-21-20(16-17-28-2)18-22(19-13-10-9-11-14-19)23(24(21)26)25(27)29-3/h9-11,13-14,18,26H,4-8,12,15-17H2,1-3H3. The van der Waals surface area contributed by atoms with Crippen LogP contribution in [0.5, 0.6) is 5.75 Å². The molecule has 4 nitrogen and oxygen atoms in total. The Kier molecular flexibility index (Phi) is 9.72. The molecule has 0 bridgehead atoms. The van der Waals surface area contributed by atoms with Crippen LogP contribution < -0.4 is 0 Å². The molecule has 0 fully saturated rings. The van der Waals surface area contributed by atoms with Gasteiger partial charge in [-0.25, -0.2) is 4.79 Å². The van der Waals surface area contributed by atoms with Gasteiger partial charge in [-0.15, -0.1) is 0 Å². The lowest BCUT2D eigenvalue weighted by atomic mass is 9.89. The first kappa shape index (κ1) is 23.0. The number of hydrogen-bond acceptors (Lipinski definition) is 4. The van der Waals surface area contributed by atoms with Gasteiger partial charge in [0.05, 0.1) is 13.7 Å². The monoisotopic (exact) mass is 398 g/mol. The van der Waals surface area contributed by atoms with Crippen LogP contribution in [0.4, 0.5) is 0 Å². The number of esters is 1. The van der Waals surface area contributed by atoms with Crippen LogP contribution in [0.1, 0.15) is 66.9 Å². The third kappa shape index (κ3) is 6.33. The fourth-order valence-electron chi connectivity index (χ4n) is 3.71. The van der Waals surface area contributed by atoms with Gasteiger partial charge in [0.1, 0.15) is 11.3 Å². The Morgan fingerprint density at radius 1 is 0.966 bits per heavy atom. The number of ether oxygens (including phenoxy) is 2. The summed E-state index contributed by atoms with van der Waals surface area (Å²) < 4.78 is 10.3. The molecule has 4 heteroatoms. The Morgan fingerprint density at radius 3 is 2.31 bits per heavy atom. The second kappa shape index (κ2) is 12.3. The molecule has 0 amide bonds. The van der Waals surface area contributed by atoms with Gasteiger partial charge in [-0.1, -0.05) is 69.4 Å². The highest BCUT2D eigenvalue weighted by atomic mass is 16.5. The number of aromatic hydroxyl groups is 1. The maximum atomic E-state index is 12.5. The van der Waals surface area contributed by atoms with Gasteiger partial charge in [-0.3, -0.25) is 0 Å². The highest BCUT2D eigenvalue weighted by molar-refractivity contribution is 6.00. The van der Waals surface area contributed by atoms with Crippen LogP contribution in [0.2, 0.25) is 0 Å². The maximum absolute atomic E-state index is 12.5. The molecule has 29 heavy (non-hydrogen) atoms. The Morgan fingerprint density at radius 2 is 1.66 bits per heavy atom. The van der Waals surface area contributed by atoms with E-state index in [-0.39, 0.29) is 11.3 Å². The van der Waals surface area contributed by atoms with Gasteiger partial charge in [0.15, 0.2) is 0 Å². The molecular weight excluding hydrogens is 364 g/mol. The Labute approximate surface area is 174 Å². The molecule has 0 aromatic heterocycles. The van der Waals surface area contributed by atoms with E-state index in [1.807, 2.05) is 36.4 Å². The molecule has 2 aromatic rings. The Hall–Kier alpha value is -2.33. The third-order valence-corrected chi connectivity index (χ3v) is 5.33. The van der Waals surface area contributed by atoms with Crippen LogP contribution in [0.25, 0.3) is 11.1 Å². The van der Waals surface area contributed by atoms with Crippen LogP contribution in [-0.2, 0) is 22.3 Å². The lowest BCUT2D eigenvalue weighted by molar-refractivity contribution is 0.0598. The minimum atomic E-state index is -0.510. The van der Waals surface area contributed by atoms with Crippen molar-refractivity contribution in [3.05, 3.63) is 53.1 Å². The second-order valence-electron chi connectivity index (χ2n) is 7.40. The van der Waals surface area contributed by atoms with Crippen molar-refractivity contribution >= 4 is 5.97 Å². The van der Waals surface area contributed by atoms with E-state index >= 15 is 0 Å². The second-order valence-corrected chi connectivity index (χ2v) is 7.40. The van der Waals surface area contributed by atoms with Crippen LogP contribution in [-0.4, -0.2) is 31.9 Å². The zero-order chi connectivity index (χ0) is 21.1. The van der Waals surface area contributed by atoms with Gasteiger partial charge in [0.25, 0.3) is 0 Å². The number of unbranched alkanes of at least 4 members (excludes halogenated alkanes) is 5. The summed E-state index contributed by atoms with van der Waals surface area (Å²) in [4.78, 5) is 12.5. The summed E-state index contributed by atoms with van der Waals surface area (Å²) >= 11 is 0. The predicted octanol–water partition coefficient (Wildman–Crippen LogP) is 5.94. The minimum Gasteiger partial charge on any atom is -0.507 e. The molecule has 0 aliphatic rings. The van der Waals surface area contributed by atoms with Crippen molar-refractivity contribution < 1.29 is 19.4 Å². The predicted molar refractivity (Wildman–Crippen MR) is 118 cm³/mol. The SMILES string of the molecule is CCCCCCCCc1c(CCOC)cc(-c2ccccc2)c(C(=O)OC)c1O. The average molecular weight is 399 g/mol. The number of phenolic OH excluding ortho intramolecular Hbond substituents is 1. The van der Waals surface area contributed by atoms with Crippen molar-refractivity contribution in [3.63, 3.8) is 0 Å². The molecule has 158 valence electrons. The molecule has 0 saturated carbocycles. The summed E-state index contributed by atoms with van der Waals surface area (Å²) in [5, 5.41) is 11.1. The molecule has 0 unspecified atom stereocenters. The van der Waals surface area contributed by atoms with Crippen molar-refractivity contribution in [2.24, 2.45) is 0 Å². The molecular formula is C25H34O4. The van der Waals surface area contributed by atoms with E-state index in [0.29, 0.717) is 18.6 Å². The van der Waals surface area contributed by atoms with Crippen molar-refractivity contribution in [2.75, 3.05) is 20.8 Å². The van der Waals surface area contributed by atoms with Crippen molar-refractivity contribution in [1.82, 2.24) is 0 Å². The molecule has 0 radical (unpaired) electrons. The van der Waals surface area contributed by atoms with Crippen LogP contribution >= 0.6 is 0 Å². The first-order chi connectivity index (χ1) is 14.1. The lowest BCUT2D eigenvalue weighted by Gasteiger charge is -2.18. The number of rotatable bonds is 12. The average Bonchev–Trinajstić information content (AvgIpc) is 2.75. The molecule has 2 rings (SSSR count). The minimum absolute atomic E-state index is 0.0536. The lowest BCUT2D eigenvalue weighted by Crippen LogP contribution is -2.09. The Bertz CT molecular complexity index is 768. The Balaban J connectivity index is 2.41. The number of phenols is 1. The highest BCUT2D eigenvalue weighted by Gasteiger charge is 2.24. The van der Waals surface area contributed by atoms with Gasteiger partial charge in [-0.05, 0) is 42.0 Å². The van der Waals surface area contributed by atoms with E-state index < -0.39 is 5.97 Å². The number of benzene rings is 2. The van der Waals surface area contributed by atoms with Gasteiger partial charge in [-0.2, -0.15) is 0 Å². The molecule has 0 aliphatic heterocycles. The smallest absolute Gasteiger partial charge is 0.342 e. The molecule has 0 aliphatic carbocycles. The number of hydrogen-bond donors (Lipinski definition) is 1. The van der Waals surface area contributed by atoms with Gasteiger partial charge in [0.2, 0.25) is 0 Å². The summed E-state index contributed by atoms with van der Waals surface area (Å²) in [7, 11) is 3.02. The van der Waals surface area contributed by atoms with E-state index in [1.54, 1.807) is 7.11 Å². The normalized spacial score (nSPS) is 10.9. The number of carbonyl (C=O) groups excluding carboxylic acids is 1. The summed E-state index contributed by atoms with van der Waals surface area (Å²) in [6, 6.07) is 11.7. The zero-order valence-electron chi connectivity index (χ0n) is 18.0. The van der Waals surface area contributed by atoms with E-state index in [9.17, 15) is 9.90 Å². The van der Waals surface area contributed by atoms with Crippen LogP contribution in [0.15, 0.2) is 36.4 Å². The van der Waals surface area contributed by atoms with Crippen LogP contribution in [0.3, 0.4) is 0 Å². The van der Waals surface area contributed by atoms with Gasteiger partial charge in [0, 0.05) is 12.7 Å². The van der Waals surface area contributed by atoms with Gasteiger partial charge >= 0.3 is 5.97 Å². The van der Waals surface area contributed by atoms with Crippen molar-refractivity contribution in [3.8, 4) is 16.9 Å². The van der Waals surface area contributed by atoms with Gasteiger partial charge < -0.3 is 14.6 Å². The fraction of sp³-hybridized carbons (Fsp3) is 0.480. The first-order valence-electron chi connectivity index (χ1n) is 10.6. The molecule has 2 aromatic carbocycles. The third-order valence-electron chi connectivity index (χ3n) is 5.33. The largest absolute Gasteiger partial charge is 0.507 e. The van der Waals surface area contributed by atoms with E-state index in [2.05, 4.69) is 6.92 Å². The fourth-order valence-corrected chi connectivity index (χ4v) is 3.71. The number of methoxy groups -OCH3 is 2. The maximum Gasteiger partial charge on any atom is 0.342 e. The van der Waals surface area contributed by atoms with E-state index in [4.69, 9.17) is 9.47 Å². The topological polar surface area (TPSA) is 55.8 Å². The van der Waals surface area contributed by atoms with Crippen molar-refractivity contribution in [2.45, 2.75) is 58.3 Å². The highest BCUT2D eigenvalue weighted by Crippen LogP contribution is 2.37. The quantitative estimate of drug-likeness (QED) is 0.355. The summed E-state index contributed by atoms with van der Waals surface area (Å²) in [6.07, 6.45) is 8.49. The molecule has 0 heterocycles. The molecule has 0 spiro atoms. The first-order valence-corrected chi connectivity index (χ1v) is 10.6. The van der Waals surface area contributed by atoms with Crippen LogP contribution in [0, 0.1) is 0 Å². The van der Waals surface area contributed by atoms with E-state index in [1.165, 1.54) is 32.8 Å². The summed E-state index contributed by atoms with van der Waals surface area (Å²) in [5.74, 6) is -0.457. The molecule has 0 saturated heterocycles. The molecule has 0 atom stereocenters. The molecule has 1 N–H and O–H groups in total. The summed E-state index contributed by atoms with van der Waals surface area (Å²) in [6.45, 7) is 2.78. The van der Waals surface area contributed by atoms with E-state index in [0.717, 1.165) is 36.0 Å². The number of carbonyl (C=O) groups is 1. The summed E-state index contributed by atoms with van der Waals surface area (Å²) in [5.41, 5.74) is 3.71. The van der Waals surface area contributed by atoms with Crippen molar-refractivity contribution in [1.29, 1.82) is 0 Å². The zero-order valence-corrected chi connectivity index (χ0v) is 18.0.